The molecule has 0 bridgehead atoms. The van der Waals surface area contributed by atoms with Crippen LogP contribution in [0.5, 0.6) is 0 Å². The van der Waals surface area contributed by atoms with Crippen molar-refractivity contribution in [2.75, 3.05) is 6.61 Å². The number of H-pyrrole nitrogens is 1. The average molecular weight is 244 g/mol. The van der Waals surface area contributed by atoms with E-state index < -0.39 is 5.97 Å². The Labute approximate surface area is 103 Å². The number of rotatable bonds is 3. The minimum Gasteiger partial charge on any atom is -0.460 e. The number of hydrogen-bond donors (Lipinski definition) is 1. The van der Waals surface area contributed by atoms with Gasteiger partial charge in [0, 0.05) is 0 Å². The van der Waals surface area contributed by atoms with E-state index in [4.69, 9.17) is 4.74 Å². The van der Waals surface area contributed by atoms with Gasteiger partial charge in [-0.15, -0.1) is 0 Å². The smallest absolute Gasteiger partial charge is 0.374 e. The predicted molar refractivity (Wildman–Crippen MR) is 68.4 cm³/mol. The van der Waals surface area contributed by atoms with Crippen molar-refractivity contribution in [1.29, 1.82) is 0 Å². The molecule has 0 aliphatic carbocycles. The lowest BCUT2D eigenvalue weighted by Gasteiger charge is -2.03. The number of carbonyl (C=O) groups is 1. The molecule has 1 aromatic heterocycles. The first-order valence-electron chi connectivity index (χ1n) is 5.49. The highest BCUT2D eigenvalue weighted by molar-refractivity contribution is 5.89. The summed E-state index contributed by atoms with van der Waals surface area (Å²) in [7, 11) is 0. The summed E-state index contributed by atoms with van der Waals surface area (Å²) in [4.78, 5) is 29.8. The van der Waals surface area contributed by atoms with Gasteiger partial charge >= 0.3 is 5.97 Å². The van der Waals surface area contributed by atoms with Crippen molar-refractivity contribution < 1.29 is 9.53 Å². The monoisotopic (exact) mass is 244 g/mol. The normalized spacial score (nSPS) is 10.3. The Morgan fingerprint density at radius 1 is 1.56 bits per heavy atom. The van der Waals surface area contributed by atoms with E-state index >= 15 is 0 Å². The zero-order chi connectivity index (χ0) is 13.1. The van der Waals surface area contributed by atoms with Crippen molar-refractivity contribution in [3.05, 3.63) is 46.5 Å². The highest BCUT2D eigenvalue weighted by Gasteiger charge is 2.12. The predicted octanol–water partition coefficient (Wildman–Crippen LogP) is 1.74. The van der Waals surface area contributed by atoms with Gasteiger partial charge < -0.3 is 9.72 Å². The molecule has 0 fully saturated rings. The van der Waals surface area contributed by atoms with E-state index in [0.29, 0.717) is 10.9 Å². The van der Waals surface area contributed by atoms with E-state index in [1.807, 2.05) is 0 Å². The van der Waals surface area contributed by atoms with Crippen molar-refractivity contribution in [2.24, 2.45) is 0 Å². The Morgan fingerprint density at radius 2 is 2.33 bits per heavy atom. The fourth-order valence-corrected chi connectivity index (χ4v) is 1.58. The van der Waals surface area contributed by atoms with Gasteiger partial charge in [-0.3, -0.25) is 4.79 Å². The van der Waals surface area contributed by atoms with Crippen molar-refractivity contribution >= 4 is 22.9 Å². The van der Waals surface area contributed by atoms with E-state index in [-0.39, 0.29) is 18.0 Å². The molecule has 1 heterocycles. The summed E-state index contributed by atoms with van der Waals surface area (Å²) >= 11 is 0. The van der Waals surface area contributed by atoms with Crippen LogP contribution in [0.3, 0.4) is 0 Å². The third-order valence-corrected chi connectivity index (χ3v) is 2.43. The third kappa shape index (κ3) is 2.15. The molecule has 1 aromatic carbocycles. The number of esters is 1. The molecule has 0 spiro atoms. The molecule has 0 unspecified atom stereocenters. The zero-order valence-electron chi connectivity index (χ0n) is 9.90. The number of benzene rings is 1. The van der Waals surface area contributed by atoms with Crippen molar-refractivity contribution in [2.45, 2.75) is 6.92 Å². The highest BCUT2D eigenvalue weighted by Crippen LogP contribution is 2.11. The van der Waals surface area contributed by atoms with Gasteiger partial charge in [0.05, 0.1) is 17.5 Å². The molecule has 0 saturated heterocycles. The molecule has 2 aromatic rings. The molecule has 5 nitrogen and oxygen atoms in total. The lowest BCUT2D eigenvalue weighted by atomic mass is 10.1. The van der Waals surface area contributed by atoms with Gasteiger partial charge in [0.15, 0.2) is 0 Å². The van der Waals surface area contributed by atoms with Crippen LogP contribution >= 0.6 is 0 Å². The Kier molecular flexibility index (Phi) is 3.23. The number of nitrogens with one attached hydrogen (secondary N) is 1. The molecule has 0 amide bonds. The fourth-order valence-electron chi connectivity index (χ4n) is 1.58. The first-order valence-corrected chi connectivity index (χ1v) is 5.49. The maximum Gasteiger partial charge on any atom is 0.374 e. The Morgan fingerprint density at radius 3 is 3.00 bits per heavy atom. The van der Waals surface area contributed by atoms with Crippen LogP contribution in [-0.2, 0) is 4.74 Å². The van der Waals surface area contributed by atoms with Crippen molar-refractivity contribution in [3.8, 4) is 0 Å². The van der Waals surface area contributed by atoms with Crippen LogP contribution < -0.4 is 5.56 Å². The van der Waals surface area contributed by atoms with Gasteiger partial charge in [0.2, 0.25) is 5.82 Å². The van der Waals surface area contributed by atoms with Crippen LogP contribution in [0.15, 0.2) is 29.6 Å². The number of hydrogen-bond acceptors (Lipinski definition) is 4. The maximum atomic E-state index is 11.8. The van der Waals surface area contributed by atoms with Crippen LogP contribution in [0.25, 0.3) is 17.0 Å². The molecule has 0 saturated carbocycles. The standard InChI is InChI=1S/C13H12N2O3/c1-3-8-5-6-10-9(7-8)12(16)15-11(14-10)13(17)18-4-2/h3,5-7H,1,4H2,2H3,(H,14,15,16). The van der Waals surface area contributed by atoms with Crippen LogP contribution in [0.1, 0.15) is 23.1 Å². The Hall–Kier alpha value is -2.43. The first-order chi connectivity index (χ1) is 8.65. The molecular formula is C13H12N2O3. The summed E-state index contributed by atoms with van der Waals surface area (Å²) in [5, 5.41) is 0.417. The quantitative estimate of drug-likeness (QED) is 0.835. The van der Waals surface area contributed by atoms with Crippen molar-refractivity contribution in [1.82, 2.24) is 9.97 Å². The second-order valence-corrected chi connectivity index (χ2v) is 3.62. The molecule has 0 atom stereocenters. The van der Waals surface area contributed by atoms with E-state index in [1.54, 1.807) is 31.2 Å². The van der Waals surface area contributed by atoms with E-state index in [0.717, 1.165) is 5.56 Å². The van der Waals surface area contributed by atoms with E-state index in [1.165, 1.54) is 0 Å². The van der Waals surface area contributed by atoms with Crippen LogP contribution in [0, 0.1) is 0 Å². The molecule has 2 rings (SSSR count). The summed E-state index contributed by atoms with van der Waals surface area (Å²) in [5.41, 5.74) is 0.901. The highest BCUT2D eigenvalue weighted by atomic mass is 16.5. The molecule has 0 aliphatic heterocycles. The second kappa shape index (κ2) is 4.83. The minimum atomic E-state index is -0.635. The van der Waals surface area contributed by atoms with Gasteiger partial charge in [-0.1, -0.05) is 18.7 Å². The van der Waals surface area contributed by atoms with Gasteiger partial charge in [-0.05, 0) is 24.6 Å². The number of nitrogens with zero attached hydrogens (tertiary/aromatic N) is 1. The minimum absolute atomic E-state index is 0.0827. The lowest BCUT2D eigenvalue weighted by molar-refractivity contribution is 0.0512. The van der Waals surface area contributed by atoms with E-state index in [9.17, 15) is 9.59 Å². The lowest BCUT2D eigenvalue weighted by Crippen LogP contribution is -2.17. The van der Waals surface area contributed by atoms with E-state index in [2.05, 4.69) is 16.5 Å². The molecule has 5 heteroatoms. The molecule has 0 aliphatic rings. The van der Waals surface area contributed by atoms with Crippen LogP contribution in [0.2, 0.25) is 0 Å². The topological polar surface area (TPSA) is 72.0 Å². The fraction of sp³-hybridized carbons (Fsp3) is 0.154. The average Bonchev–Trinajstić information content (AvgIpc) is 2.38. The van der Waals surface area contributed by atoms with Crippen molar-refractivity contribution in [3.63, 3.8) is 0 Å². The van der Waals surface area contributed by atoms with Gasteiger partial charge in [-0.2, -0.15) is 0 Å². The molecule has 92 valence electrons. The number of ether oxygens (including phenoxy) is 1. The van der Waals surface area contributed by atoms with Gasteiger partial charge in [0.25, 0.3) is 5.56 Å². The van der Waals surface area contributed by atoms with Crippen LogP contribution in [0.4, 0.5) is 0 Å². The molecule has 1 N–H and O–H groups in total. The number of aromatic nitrogens is 2. The maximum absolute atomic E-state index is 11.8. The number of aromatic amines is 1. The largest absolute Gasteiger partial charge is 0.460 e. The van der Waals surface area contributed by atoms with Gasteiger partial charge in [0.1, 0.15) is 0 Å². The third-order valence-electron chi connectivity index (χ3n) is 2.43. The second-order valence-electron chi connectivity index (χ2n) is 3.62. The molecule has 0 radical (unpaired) electrons. The van der Waals surface area contributed by atoms with Gasteiger partial charge in [-0.25, -0.2) is 9.78 Å². The molecular weight excluding hydrogens is 232 g/mol. The SMILES string of the molecule is C=Cc1ccc2nc(C(=O)OCC)[nH]c(=O)c2c1. The number of fused-ring (bicyclic) bond motifs is 1. The Balaban J connectivity index is 2.60. The summed E-state index contributed by atoms with van der Waals surface area (Å²) in [6.07, 6.45) is 1.64. The summed E-state index contributed by atoms with van der Waals surface area (Å²) in [6, 6.07) is 5.12. The summed E-state index contributed by atoms with van der Waals surface area (Å²) in [6.45, 7) is 5.55. The number of carbonyl (C=O) groups excluding carboxylic acids is 1. The zero-order valence-corrected chi connectivity index (χ0v) is 9.90. The molecule has 18 heavy (non-hydrogen) atoms. The summed E-state index contributed by atoms with van der Waals surface area (Å²) < 4.78 is 4.79. The summed E-state index contributed by atoms with van der Waals surface area (Å²) in [5.74, 6) is -0.718. The Bertz CT molecular complexity index is 673. The first kappa shape index (κ1) is 12.0. The van der Waals surface area contributed by atoms with Crippen LogP contribution in [-0.4, -0.2) is 22.5 Å².